The Morgan fingerprint density at radius 1 is 1.19 bits per heavy atom. The summed E-state index contributed by atoms with van der Waals surface area (Å²) in [7, 11) is 0. The number of fused-ring (bicyclic) bond motifs is 1. The summed E-state index contributed by atoms with van der Waals surface area (Å²) in [6.07, 6.45) is 0.706. The summed E-state index contributed by atoms with van der Waals surface area (Å²) < 4.78 is 22.9. The fourth-order valence-corrected chi connectivity index (χ4v) is 3.05. The molecule has 0 saturated carbocycles. The average molecular weight is 294 g/mol. The Morgan fingerprint density at radius 2 is 1.86 bits per heavy atom. The predicted molar refractivity (Wildman–Crippen MR) is 76.8 cm³/mol. The van der Waals surface area contributed by atoms with Crippen LogP contribution in [0.2, 0.25) is 0 Å². The molecule has 21 heavy (non-hydrogen) atoms. The minimum Gasteiger partial charge on any atom is -0.487 e. The van der Waals surface area contributed by atoms with Gasteiger partial charge in [-0.1, -0.05) is 0 Å². The van der Waals surface area contributed by atoms with Crippen molar-refractivity contribution in [1.29, 1.82) is 0 Å². The Morgan fingerprint density at radius 3 is 2.43 bits per heavy atom. The molecule has 0 spiro atoms. The van der Waals surface area contributed by atoms with Crippen LogP contribution in [0.1, 0.15) is 39.7 Å². The van der Waals surface area contributed by atoms with Gasteiger partial charge in [0.1, 0.15) is 17.5 Å². The second kappa shape index (κ2) is 4.78. The summed E-state index contributed by atoms with van der Waals surface area (Å²) in [6, 6.07) is 3.56. The predicted octanol–water partition coefficient (Wildman–Crippen LogP) is 2.63. The molecule has 0 amide bonds. The summed E-state index contributed by atoms with van der Waals surface area (Å²) in [5, 5.41) is 9.55. The van der Waals surface area contributed by atoms with Gasteiger partial charge in [0.15, 0.2) is 11.5 Å². The zero-order chi connectivity index (χ0) is 15.3. The van der Waals surface area contributed by atoms with Crippen molar-refractivity contribution in [3.63, 3.8) is 0 Å². The first-order valence-corrected chi connectivity index (χ1v) is 7.21. The summed E-state index contributed by atoms with van der Waals surface area (Å²) in [4.78, 5) is 0. The van der Waals surface area contributed by atoms with E-state index in [-0.39, 0.29) is 30.7 Å². The van der Waals surface area contributed by atoms with E-state index in [0.717, 1.165) is 6.42 Å². The van der Waals surface area contributed by atoms with Crippen LogP contribution >= 0.6 is 0 Å². The minimum absolute atomic E-state index is 0.0850. The largest absolute Gasteiger partial charge is 0.487 e. The zero-order valence-corrected chi connectivity index (χ0v) is 12.9. The molecule has 1 atom stereocenters. The molecule has 0 aliphatic carbocycles. The van der Waals surface area contributed by atoms with Gasteiger partial charge < -0.3 is 24.1 Å². The molecule has 0 aromatic heterocycles. The third-order valence-corrected chi connectivity index (χ3v) is 3.99. The SMILES string of the molecule is CC1(C)CC(Oc2cc3c(cc2CO)OCO3)C(C)(C)O1. The van der Waals surface area contributed by atoms with E-state index >= 15 is 0 Å². The van der Waals surface area contributed by atoms with Gasteiger partial charge in [-0.05, 0) is 33.8 Å². The first-order chi connectivity index (χ1) is 9.81. The van der Waals surface area contributed by atoms with Crippen LogP contribution in [0, 0.1) is 0 Å². The van der Waals surface area contributed by atoms with E-state index < -0.39 is 0 Å². The molecule has 1 saturated heterocycles. The van der Waals surface area contributed by atoms with E-state index in [0.29, 0.717) is 22.8 Å². The topological polar surface area (TPSA) is 57.2 Å². The molecule has 116 valence electrons. The maximum atomic E-state index is 9.55. The highest BCUT2D eigenvalue weighted by atomic mass is 16.7. The standard InChI is InChI=1S/C16H22O5/c1-15(2)7-14(16(3,4)21-15)20-11-6-13-12(18-9-19-13)5-10(11)8-17/h5-6,14,17H,7-9H2,1-4H3. The maximum absolute atomic E-state index is 9.55. The van der Waals surface area contributed by atoms with Gasteiger partial charge in [-0.25, -0.2) is 0 Å². The highest BCUT2D eigenvalue weighted by Crippen LogP contribution is 2.43. The van der Waals surface area contributed by atoms with E-state index in [9.17, 15) is 5.11 Å². The molecule has 1 N–H and O–H groups in total. The number of hydrogen-bond donors (Lipinski definition) is 1. The zero-order valence-electron chi connectivity index (χ0n) is 12.9. The Balaban J connectivity index is 1.88. The molecular formula is C16H22O5. The normalized spacial score (nSPS) is 25.1. The first-order valence-electron chi connectivity index (χ1n) is 7.21. The van der Waals surface area contributed by atoms with Crippen molar-refractivity contribution in [3.05, 3.63) is 17.7 Å². The first kappa shape index (κ1) is 14.5. The number of benzene rings is 1. The Bertz CT molecular complexity index is 550. The molecule has 0 radical (unpaired) electrons. The lowest BCUT2D eigenvalue weighted by molar-refractivity contribution is -0.0847. The number of ether oxygens (including phenoxy) is 4. The number of aliphatic hydroxyl groups excluding tert-OH is 1. The fourth-order valence-electron chi connectivity index (χ4n) is 3.05. The van der Waals surface area contributed by atoms with E-state index in [4.69, 9.17) is 18.9 Å². The van der Waals surface area contributed by atoms with Gasteiger partial charge in [0, 0.05) is 18.1 Å². The van der Waals surface area contributed by atoms with E-state index in [1.54, 1.807) is 12.1 Å². The van der Waals surface area contributed by atoms with E-state index in [1.807, 2.05) is 13.8 Å². The molecule has 3 rings (SSSR count). The van der Waals surface area contributed by atoms with Crippen molar-refractivity contribution in [2.75, 3.05) is 6.79 Å². The van der Waals surface area contributed by atoms with Crippen LogP contribution in [-0.4, -0.2) is 29.2 Å². The quantitative estimate of drug-likeness (QED) is 0.928. The Labute approximate surface area is 124 Å². The van der Waals surface area contributed by atoms with Gasteiger partial charge in [0.25, 0.3) is 0 Å². The monoisotopic (exact) mass is 294 g/mol. The molecular weight excluding hydrogens is 272 g/mol. The lowest BCUT2D eigenvalue weighted by Crippen LogP contribution is -2.36. The highest BCUT2D eigenvalue weighted by molar-refractivity contribution is 5.51. The van der Waals surface area contributed by atoms with Gasteiger partial charge in [-0.3, -0.25) is 0 Å². The van der Waals surface area contributed by atoms with Crippen LogP contribution in [0.3, 0.4) is 0 Å². The molecule has 2 aliphatic heterocycles. The van der Waals surface area contributed by atoms with Crippen LogP contribution in [0.4, 0.5) is 0 Å². The molecule has 1 aromatic carbocycles. The van der Waals surface area contributed by atoms with Gasteiger partial charge in [-0.2, -0.15) is 0 Å². The summed E-state index contributed by atoms with van der Waals surface area (Å²) >= 11 is 0. The van der Waals surface area contributed by atoms with Gasteiger partial charge in [0.2, 0.25) is 6.79 Å². The van der Waals surface area contributed by atoms with Crippen LogP contribution < -0.4 is 14.2 Å². The molecule has 1 aromatic rings. The smallest absolute Gasteiger partial charge is 0.231 e. The minimum atomic E-state index is -0.382. The fraction of sp³-hybridized carbons (Fsp3) is 0.625. The van der Waals surface area contributed by atoms with Crippen LogP contribution in [0.15, 0.2) is 12.1 Å². The van der Waals surface area contributed by atoms with Gasteiger partial charge in [0.05, 0.1) is 12.2 Å². The Hall–Kier alpha value is -1.46. The molecule has 1 fully saturated rings. The van der Waals surface area contributed by atoms with Crippen LogP contribution in [-0.2, 0) is 11.3 Å². The highest BCUT2D eigenvalue weighted by Gasteiger charge is 2.47. The second-order valence-electron chi connectivity index (χ2n) is 6.75. The number of rotatable bonds is 3. The van der Waals surface area contributed by atoms with E-state index in [2.05, 4.69) is 13.8 Å². The lowest BCUT2D eigenvalue weighted by Gasteiger charge is -2.28. The Kier molecular flexibility index (Phi) is 3.30. The summed E-state index contributed by atoms with van der Waals surface area (Å²) in [6.45, 7) is 8.27. The molecule has 5 heteroatoms. The van der Waals surface area contributed by atoms with Crippen molar-refractivity contribution in [3.8, 4) is 17.2 Å². The van der Waals surface area contributed by atoms with Gasteiger partial charge in [-0.15, -0.1) is 0 Å². The van der Waals surface area contributed by atoms with Crippen LogP contribution in [0.5, 0.6) is 17.2 Å². The van der Waals surface area contributed by atoms with E-state index in [1.165, 1.54) is 0 Å². The maximum Gasteiger partial charge on any atom is 0.231 e. The second-order valence-corrected chi connectivity index (χ2v) is 6.75. The molecule has 0 bridgehead atoms. The van der Waals surface area contributed by atoms with Crippen LogP contribution in [0.25, 0.3) is 0 Å². The number of aliphatic hydroxyl groups is 1. The third kappa shape index (κ3) is 2.68. The number of hydrogen-bond acceptors (Lipinski definition) is 5. The summed E-state index contributed by atoms with van der Waals surface area (Å²) in [5.74, 6) is 1.92. The third-order valence-electron chi connectivity index (χ3n) is 3.99. The molecule has 2 aliphatic rings. The molecule has 5 nitrogen and oxygen atoms in total. The summed E-state index contributed by atoms with van der Waals surface area (Å²) in [5.41, 5.74) is 0.0935. The van der Waals surface area contributed by atoms with Crippen molar-refractivity contribution in [2.45, 2.75) is 58.0 Å². The van der Waals surface area contributed by atoms with Crippen molar-refractivity contribution in [1.82, 2.24) is 0 Å². The molecule has 1 unspecified atom stereocenters. The lowest BCUT2D eigenvalue weighted by atomic mass is 9.97. The van der Waals surface area contributed by atoms with Gasteiger partial charge >= 0.3 is 0 Å². The average Bonchev–Trinajstić information content (AvgIpc) is 2.89. The molecule has 2 heterocycles. The van der Waals surface area contributed by atoms with Crippen molar-refractivity contribution < 1.29 is 24.1 Å². The van der Waals surface area contributed by atoms with Crippen molar-refractivity contribution in [2.24, 2.45) is 0 Å². The van der Waals surface area contributed by atoms with Crippen molar-refractivity contribution >= 4 is 0 Å².